The van der Waals surface area contributed by atoms with Gasteiger partial charge in [0.2, 0.25) is 5.03 Å². The fraction of sp³-hybridized carbons (Fsp3) is 0.214. The van der Waals surface area contributed by atoms with Crippen LogP contribution in [0.4, 0.5) is 4.39 Å². The molecule has 1 aromatic carbocycles. The zero-order chi connectivity index (χ0) is 15.6. The summed E-state index contributed by atoms with van der Waals surface area (Å²) in [5, 5.41) is -0.0736. The molecule has 0 spiro atoms. The molecule has 0 bridgehead atoms. The van der Waals surface area contributed by atoms with Crippen molar-refractivity contribution >= 4 is 21.6 Å². The minimum atomic E-state index is -4.03. The first kappa shape index (κ1) is 15.9. The summed E-state index contributed by atoms with van der Waals surface area (Å²) in [4.78, 5) is 3.63. The predicted molar refractivity (Wildman–Crippen MR) is 79.0 cm³/mol. The monoisotopic (exact) mass is 328 g/mol. The van der Waals surface area contributed by atoms with Crippen LogP contribution in [0.25, 0.3) is 0 Å². The highest BCUT2D eigenvalue weighted by atomic mass is 35.5. The molecule has 1 atom stereocenters. The second-order valence-corrected chi connectivity index (χ2v) is 6.89. The molecule has 0 saturated carbocycles. The summed E-state index contributed by atoms with van der Waals surface area (Å²) in [6, 6.07) is 8.77. The van der Waals surface area contributed by atoms with Crippen molar-refractivity contribution in [3.8, 4) is 0 Å². The van der Waals surface area contributed by atoms with E-state index in [-0.39, 0.29) is 0 Å². The van der Waals surface area contributed by atoms with E-state index in [1.54, 1.807) is 31.2 Å². The summed E-state index contributed by atoms with van der Waals surface area (Å²) >= 11 is 5.91. The molecule has 0 aliphatic rings. The summed E-state index contributed by atoms with van der Waals surface area (Å²) in [5.74, 6) is -0.873. The van der Waals surface area contributed by atoms with Crippen molar-refractivity contribution in [2.24, 2.45) is 0 Å². The lowest BCUT2D eigenvalue weighted by Crippen LogP contribution is -2.31. The number of nitrogens with zero attached hydrogens (tertiary/aromatic N) is 2. The van der Waals surface area contributed by atoms with Gasteiger partial charge in [-0.3, -0.25) is 0 Å². The molecular formula is C14H14ClFN2O2S. The predicted octanol–water partition coefficient (Wildman–Crippen LogP) is 3.26. The van der Waals surface area contributed by atoms with Gasteiger partial charge in [-0.2, -0.15) is 4.31 Å². The molecule has 0 aliphatic carbocycles. The minimum absolute atomic E-state index is 0.505. The van der Waals surface area contributed by atoms with Gasteiger partial charge in [0.15, 0.2) is 5.82 Å². The Morgan fingerprint density at radius 1 is 1.29 bits per heavy atom. The molecule has 0 N–H and O–H groups in total. The van der Waals surface area contributed by atoms with Crippen molar-refractivity contribution in [2.45, 2.75) is 18.0 Å². The number of sulfonamides is 1. The fourth-order valence-electron chi connectivity index (χ4n) is 1.88. The first-order valence-electron chi connectivity index (χ1n) is 6.18. The van der Waals surface area contributed by atoms with Crippen LogP contribution >= 0.6 is 11.6 Å². The molecule has 1 aromatic heterocycles. The highest BCUT2D eigenvalue weighted by molar-refractivity contribution is 7.89. The maximum atomic E-state index is 13.7. The van der Waals surface area contributed by atoms with Crippen LogP contribution in [0, 0.1) is 5.82 Å². The molecule has 2 rings (SSSR count). The van der Waals surface area contributed by atoms with Crippen LogP contribution in [0.5, 0.6) is 0 Å². The zero-order valence-electron chi connectivity index (χ0n) is 11.5. The maximum absolute atomic E-state index is 13.7. The van der Waals surface area contributed by atoms with E-state index in [4.69, 9.17) is 11.6 Å². The van der Waals surface area contributed by atoms with Crippen molar-refractivity contribution in [2.75, 3.05) is 7.05 Å². The quantitative estimate of drug-likeness (QED) is 0.865. The highest BCUT2D eigenvalue weighted by Gasteiger charge is 2.30. The first-order valence-corrected chi connectivity index (χ1v) is 8.00. The molecule has 0 saturated heterocycles. The van der Waals surface area contributed by atoms with E-state index in [2.05, 4.69) is 4.98 Å². The summed E-state index contributed by atoms with van der Waals surface area (Å²) in [6.45, 7) is 1.70. The van der Waals surface area contributed by atoms with E-state index in [9.17, 15) is 12.8 Å². The number of hydrogen-bond donors (Lipinski definition) is 0. The van der Waals surface area contributed by atoms with Gasteiger partial charge in [0.25, 0.3) is 10.0 Å². The summed E-state index contributed by atoms with van der Waals surface area (Å²) in [7, 11) is -2.64. The van der Waals surface area contributed by atoms with Gasteiger partial charge in [0.1, 0.15) is 0 Å². The molecule has 4 nitrogen and oxygen atoms in total. The second kappa shape index (κ2) is 6.09. The SMILES string of the molecule is CC(c1cccc(Cl)c1)N(C)S(=O)(=O)c1ncccc1F. The third kappa shape index (κ3) is 3.23. The first-order chi connectivity index (χ1) is 9.84. The van der Waals surface area contributed by atoms with Crippen LogP contribution < -0.4 is 0 Å². The van der Waals surface area contributed by atoms with Crippen molar-refractivity contribution < 1.29 is 12.8 Å². The second-order valence-electron chi connectivity index (χ2n) is 4.54. The van der Waals surface area contributed by atoms with Gasteiger partial charge in [-0.05, 0) is 36.8 Å². The molecule has 7 heteroatoms. The Hall–Kier alpha value is -1.50. The highest BCUT2D eigenvalue weighted by Crippen LogP contribution is 2.27. The maximum Gasteiger partial charge on any atom is 0.263 e. The van der Waals surface area contributed by atoms with Gasteiger partial charge in [0, 0.05) is 24.3 Å². The number of halogens is 2. The number of rotatable bonds is 4. The molecule has 112 valence electrons. The van der Waals surface area contributed by atoms with Crippen LogP contribution in [-0.4, -0.2) is 24.8 Å². The Morgan fingerprint density at radius 3 is 2.62 bits per heavy atom. The van der Waals surface area contributed by atoms with Crippen molar-refractivity contribution in [1.29, 1.82) is 0 Å². The van der Waals surface area contributed by atoms with E-state index in [0.717, 1.165) is 10.4 Å². The largest absolute Gasteiger partial charge is 0.263 e. The molecule has 0 fully saturated rings. The van der Waals surface area contributed by atoms with Crippen molar-refractivity contribution in [1.82, 2.24) is 9.29 Å². The number of benzene rings is 1. The van der Waals surface area contributed by atoms with E-state index in [1.165, 1.54) is 19.3 Å². The van der Waals surface area contributed by atoms with Crippen LogP contribution in [0.1, 0.15) is 18.5 Å². The van der Waals surface area contributed by atoms with Gasteiger partial charge in [-0.1, -0.05) is 23.7 Å². The summed E-state index contributed by atoms with van der Waals surface area (Å²) in [6.07, 6.45) is 1.24. The third-order valence-electron chi connectivity index (χ3n) is 3.22. The number of hydrogen-bond acceptors (Lipinski definition) is 3. The van der Waals surface area contributed by atoms with E-state index < -0.39 is 26.9 Å². The fourth-order valence-corrected chi connectivity index (χ4v) is 3.40. The van der Waals surface area contributed by atoms with Crippen LogP contribution in [0.3, 0.4) is 0 Å². The topological polar surface area (TPSA) is 50.3 Å². The molecule has 21 heavy (non-hydrogen) atoms. The Labute approximate surface area is 128 Å². The molecule has 0 amide bonds. The van der Waals surface area contributed by atoms with Crippen LogP contribution in [0.2, 0.25) is 5.02 Å². The Balaban J connectivity index is 2.39. The average molecular weight is 329 g/mol. The van der Waals surface area contributed by atoms with Crippen LogP contribution in [0.15, 0.2) is 47.6 Å². The van der Waals surface area contributed by atoms with E-state index >= 15 is 0 Å². The Kier molecular flexibility index (Phi) is 4.61. The van der Waals surface area contributed by atoms with E-state index in [0.29, 0.717) is 10.6 Å². The summed E-state index contributed by atoms with van der Waals surface area (Å²) in [5.41, 5.74) is 0.713. The molecule has 0 aliphatic heterocycles. The minimum Gasteiger partial charge on any atom is -0.241 e. The summed E-state index contributed by atoms with van der Waals surface area (Å²) < 4.78 is 39.6. The lowest BCUT2D eigenvalue weighted by molar-refractivity contribution is 0.392. The number of pyridine rings is 1. The van der Waals surface area contributed by atoms with Gasteiger partial charge in [-0.25, -0.2) is 17.8 Å². The van der Waals surface area contributed by atoms with Crippen molar-refractivity contribution in [3.63, 3.8) is 0 Å². The van der Waals surface area contributed by atoms with Crippen LogP contribution in [-0.2, 0) is 10.0 Å². The van der Waals surface area contributed by atoms with Gasteiger partial charge < -0.3 is 0 Å². The standard InChI is InChI=1S/C14H14ClFN2O2S/c1-10(11-5-3-6-12(15)9-11)18(2)21(19,20)14-13(16)7-4-8-17-14/h3-10H,1-2H3. The Morgan fingerprint density at radius 2 is 2.00 bits per heavy atom. The van der Waals surface area contributed by atoms with Gasteiger partial charge in [0.05, 0.1) is 0 Å². The lowest BCUT2D eigenvalue weighted by atomic mass is 10.1. The molecule has 1 unspecified atom stereocenters. The smallest absolute Gasteiger partial charge is 0.241 e. The Bertz CT molecular complexity index is 752. The van der Waals surface area contributed by atoms with Crippen molar-refractivity contribution in [3.05, 3.63) is 59.0 Å². The number of aromatic nitrogens is 1. The lowest BCUT2D eigenvalue weighted by Gasteiger charge is -2.24. The zero-order valence-corrected chi connectivity index (χ0v) is 13.1. The molecule has 1 heterocycles. The average Bonchev–Trinajstić information content (AvgIpc) is 2.46. The molecule has 0 radical (unpaired) electrons. The molecule has 2 aromatic rings. The normalized spacial score (nSPS) is 13.4. The van der Waals surface area contributed by atoms with Gasteiger partial charge >= 0.3 is 0 Å². The molecular weight excluding hydrogens is 315 g/mol. The third-order valence-corrected chi connectivity index (χ3v) is 5.32. The van der Waals surface area contributed by atoms with Gasteiger partial charge in [-0.15, -0.1) is 0 Å². The van der Waals surface area contributed by atoms with E-state index in [1.807, 2.05) is 0 Å².